The minimum Gasteiger partial charge on any atom is -0.464 e. The highest BCUT2D eigenvalue weighted by Crippen LogP contribution is 2.24. The topological polar surface area (TPSA) is 46.5 Å². The van der Waals surface area contributed by atoms with Crippen molar-refractivity contribution in [3.63, 3.8) is 0 Å². The summed E-state index contributed by atoms with van der Waals surface area (Å²) in [6.07, 6.45) is -0.383. The molecule has 3 heteroatoms. The van der Waals surface area contributed by atoms with Gasteiger partial charge < -0.3 is 9.84 Å². The zero-order valence-corrected chi connectivity index (χ0v) is 10.6. The highest BCUT2D eigenvalue weighted by Gasteiger charge is 2.27. The van der Waals surface area contributed by atoms with Crippen LogP contribution >= 0.6 is 0 Å². The van der Waals surface area contributed by atoms with Crippen molar-refractivity contribution >= 4 is 5.97 Å². The van der Waals surface area contributed by atoms with E-state index in [-0.39, 0.29) is 5.92 Å². The first-order chi connectivity index (χ1) is 8.10. The van der Waals surface area contributed by atoms with Crippen LogP contribution in [0.15, 0.2) is 24.3 Å². The van der Waals surface area contributed by atoms with Crippen LogP contribution < -0.4 is 0 Å². The van der Waals surface area contributed by atoms with E-state index in [1.54, 1.807) is 6.92 Å². The van der Waals surface area contributed by atoms with Gasteiger partial charge in [-0.2, -0.15) is 0 Å². The van der Waals surface area contributed by atoms with E-state index in [2.05, 4.69) is 0 Å². The molecule has 1 aromatic rings. The van der Waals surface area contributed by atoms with Crippen LogP contribution in [0.4, 0.5) is 0 Å². The summed E-state index contributed by atoms with van der Waals surface area (Å²) in [6.45, 7) is 5.98. The monoisotopic (exact) mass is 236 g/mol. The number of ether oxygens (including phenoxy) is 1. The van der Waals surface area contributed by atoms with Crippen molar-refractivity contribution < 1.29 is 14.6 Å². The molecule has 0 aliphatic rings. The quantitative estimate of drug-likeness (QED) is 0.799. The molecule has 0 heterocycles. The van der Waals surface area contributed by atoms with Crippen molar-refractivity contribution in [2.45, 2.75) is 39.2 Å². The minimum absolute atomic E-state index is 0.199. The molecule has 0 aliphatic heterocycles. The molecular weight excluding hydrogens is 216 g/mol. The van der Waals surface area contributed by atoms with Gasteiger partial charge in [-0.15, -0.1) is 0 Å². The Morgan fingerprint density at radius 3 is 2.35 bits per heavy atom. The molecule has 17 heavy (non-hydrogen) atoms. The Morgan fingerprint density at radius 2 is 1.88 bits per heavy atom. The lowest BCUT2D eigenvalue weighted by molar-refractivity contribution is -0.154. The van der Waals surface area contributed by atoms with Gasteiger partial charge in [0.2, 0.25) is 0 Å². The first-order valence-electron chi connectivity index (χ1n) is 6.01. The summed E-state index contributed by atoms with van der Waals surface area (Å²) in [5.74, 6) is -0.741. The highest BCUT2D eigenvalue weighted by atomic mass is 16.5. The molecule has 0 aliphatic carbocycles. The Kier molecular flexibility index (Phi) is 5.16. The standard InChI is InChI=1S/C14H20O3/c1-4-12(13(15)14(16)17-5-2)11-8-6-10(3)7-9-11/h6-9,12-13,15H,4-5H2,1-3H3. The Morgan fingerprint density at radius 1 is 1.29 bits per heavy atom. The van der Waals surface area contributed by atoms with Crippen molar-refractivity contribution in [3.05, 3.63) is 35.4 Å². The smallest absolute Gasteiger partial charge is 0.335 e. The Balaban J connectivity index is 2.83. The maximum atomic E-state index is 11.5. The van der Waals surface area contributed by atoms with Gasteiger partial charge in [-0.3, -0.25) is 0 Å². The van der Waals surface area contributed by atoms with Crippen LogP contribution in [0.3, 0.4) is 0 Å². The molecule has 0 aromatic heterocycles. The van der Waals surface area contributed by atoms with Crippen molar-refractivity contribution in [1.29, 1.82) is 0 Å². The number of esters is 1. The lowest BCUT2D eigenvalue weighted by Gasteiger charge is -2.20. The van der Waals surface area contributed by atoms with Crippen LogP contribution in [0.2, 0.25) is 0 Å². The molecule has 3 nitrogen and oxygen atoms in total. The van der Waals surface area contributed by atoms with Gasteiger partial charge in [-0.05, 0) is 25.8 Å². The molecule has 1 N–H and O–H groups in total. The van der Waals surface area contributed by atoms with E-state index in [1.807, 2.05) is 38.1 Å². The molecule has 0 saturated carbocycles. The second kappa shape index (κ2) is 6.40. The molecule has 1 aromatic carbocycles. The molecule has 2 unspecified atom stereocenters. The van der Waals surface area contributed by atoms with Crippen molar-refractivity contribution in [3.8, 4) is 0 Å². The summed E-state index contributed by atoms with van der Waals surface area (Å²) in [5.41, 5.74) is 2.13. The molecule has 0 radical (unpaired) electrons. The SMILES string of the molecule is CCOC(=O)C(O)C(CC)c1ccc(C)cc1. The normalized spacial score (nSPS) is 14.1. The summed E-state index contributed by atoms with van der Waals surface area (Å²) in [7, 11) is 0. The molecule has 0 fully saturated rings. The maximum absolute atomic E-state index is 11.5. The minimum atomic E-state index is -1.08. The zero-order valence-electron chi connectivity index (χ0n) is 10.6. The van der Waals surface area contributed by atoms with Crippen LogP contribution in [-0.2, 0) is 9.53 Å². The van der Waals surface area contributed by atoms with E-state index in [0.29, 0.717) is 13.0 Å². The second-order valence-electron chi connectivity index (χ2n) is 4.12. The molecule has 0 amide bonds. The molecular formula is C14H20O3. The fourth-order valence-corrected chi connectivity index (χ4v) is 1.85. The first kappa shape index (κ1) is 13.7. The Hall–Kier alpha value is -1.35. The van der Waals surface area contributed by atoms with Gasteiger partial charge in [0.25, 0.3) is 0 Å². The number of aliphatic hydroxyl groups is 1. The summed E-state index contributed by atoms with van der Waals surface area (Å²) >= 11 is 0. The first-order valence-corrected chi connectivity index (χ1v) is 6.01. The average molecular weight is 236 g/mol. The van der Waals surface area contributed by atoms with Gasteiger partial charge in [-0.25, -0.2) is 4.79 Å². The van der Waals surface area contributed by atoms with Crippen LogP contribution in [-0.4, -0.2) is 23.8 Å². The number of carbonyl (C=O) groups is 1. The van der Waals surface area contributed by atoms with E-state index in [0.717, 1.165) is 11.1 Å². The number of rotatable bonds is 5. The molecule has 1 rings (SSSR count). The second-order valence-corrected chi connectivity index (χ2v) is 4.12. The van der Waals surface area contributed by atoms with E-state index < -0.39 is 12.1 Å². The highest BCUT2D eigenvalue weighted by molar-refractivity contribution is 5.75. The van der Waals surface area contributed by atoms with Gasteiger partial charge in [-0.1, -0.05) is 36.8 Å². The summed E-state index contributed by atoms with van der Waals surface area (Å²) in [6, 6.07) is 7.86. The lowest BCUT2D eigenvalue weighted by Crippen LogP contribution is -2.29. The third-order valence-electron chi connectivity index (χ3n) is 2.85. The van der Waals surface area contributed by atoms with E-state index in [1.165, 1.54) is 0 Å². The molecule has 0 bridgehead atoms. The van der Waals surface area contributed by atoms with E-state index >= 15 is 0 Å². The fourth-order valence-electron chi connectivity index (χ4n) is 1.85. The lowest BCUT2D eigenvalue weighted by atomic mass is 9.90. The number of benzene rings is 1. The Bertz CT molecular complexity index is 356. The predicted molar refractivity (Wildman–Crippen MR) is 66.9 cm³/mol. The molecule has 2 atom stereocenters. The van der Waals surface area contributed by atoms with Gasteiger partial charge in [0.15, 0.2) is 6.10 Å². The van der Waals surface area contributed by atoms with Gasteiger partial charge in [0, 0.05) is 5.92 Å². The van der Waals surface area contributed by atoms with Crippen molar-refractivity contribution in [2.24, 2.45) is 0 Å². The fraction of sp³-hybridized carbons (Fsp3) is 0.500. The van der Waals surface area contributed by atoms with Gasteiger partial charge in [0.1, 0.15) is 0 Å². The largest absolute Gasteiger partial charge is 0.464 e. The van der Waals surface area contributed by atoms with Gasteiger partial charge >= 0.3 is 5.97 Å². The summed E-state index contributed by atoms with van der Waals surface area (Å²) in [4.78, 5) is 11.5. The number of aliphatic hydroxyl groups excluding tert-OH is 1. The average Bonchev–Trinajstić information content (AvgIpc) is 2.32. The van der Waals surface area contributed by atoms with E-state index in [9.17, 15) is 9.90 Å². The molecule has 0 spiro atoms. The van der Waals surface area contributed by atoms with Crippen molar-refractivity contribution in [1.82, 2.24) is 0 Å². The van der Waals surface area contributed by atoms with Crippen LogP contribution in [0.1, 0.15) is 37.3 Å². The Labute approximate surface area is 102 Å². The molecule has 94 valence electrons. The summed E-state index contributed by atoms with van der Waals surface area (Å²) in [5, 5.41) is 9.96. The molecule has 0 saturated heterocycles. The van der Waals surface area contributed by atoms with Crippen LogP contribution in [0.25, 0.3) is 0 Å². The van der Waals surface area contributed by atoms with Crippen LogP contribution in [0.5, 0.6) is 0 Å². The third kappa shape index (κ3) is 3.56. The number of carbonyl (C=O) groups excluding carboxylic acids is 1. The third-order valence-corrected chi connectivity index (χ3v) is 2.85. The zero-order chi connectivity index (χ0) is 12.8. The number of aryl methyl sites for hydroxylation is 1. The van der Waals surface area contributed by atoms with Crippen LogP contribution in [0, 0.1) is 6.92 Å². The predicted octanol–water partition coefficient (Wildman–Crippen LogP) is 2.41. The van der Waals surface area contributed by atoms with E-state index in [4.69, 9.17) is 4.74 Å². The maximum Gasteiger partial charge on any atom is 0.335 e. The summed E-state index contributed by atoms with van der Waals surface area (Å²) < 4.78 is 4.84. The number of hydrogen-bond donors (Lipinski definition) is 1. The van der Waals surface area contributed by atoms with Crippen molar-refractivity contribution in [2.75, 3.05) is 6.61 Å². The van der Waals surface area contributed by atoms with Gasteiger partial charge in [0.05, 0.1) is 6.61 Å². The number of hydrogen-bond acceptors (Lipinski definition) is 3.